The minimum Gasteiger partial charge on any atom is -0.364 e. The van der Waals surface area contributed by atoms with E-state index in [1.807, 2.05) is 19.1 Å². The molecule has 3 amide bonds. The van der Waals surface area contributed by atoms with E-state index in [9.17, 15) is 23.2 Å². The molecule has 6 rings (SSSR count). The van der Waals surface area contributed by atoms with Crippen LogP contribution in [0.15, 0.2) is 66.5 Å². The average Bonchev–Trinajstić information content (AvgIpc) is 3.27. The molecule has 2 fully saturated rings. The summed E-state index contributed by atoms with van der Waals surface area (Å²) in [7, 11) is 0. The van der Waals surface area contributed by atoms with Crippen molar-refractivity contribution in [1.29, 1.82) is 0 Å². The number of nitrogens with two attached hydrogens (primary N) is 1. The molecule has 11 heteroatoms. The average molecular weight is 561 g/mol. The van der Waals surface area contributed by atoms with Gasteiger partial charge in [-0.25, -0.2) is 8.78 Å². The van der Waals surface area contributed by atoms with Crippen molar-refractivity contribution in [2.75, 3.05) is 6.54 Å². The van der Waals surface area contributed by atoms with Gasteiger partial charge in [0.2, 0.25) is 11.8 Å². The molecule has 1 saturated heterocycles. The molecule has 3 aromatic rings. The standard InChI is InChI=1S/C30H30F2N6O3/c1-17-13-30(17,22-6-2-3-7-23(22)32)35-29(41)25-12-20(31)15-37(25)26(39)16-38-24-9-8-18(19-5-4-10-34-14-19)11-21(24)27(36-38)28(33)40/h2-6,8-11,14,17,20,23,25H,7,12-13,15-16H2,1H3,(H2,33,40)(H,35,41). The van der Waals surface area contributed by atoms with Crippen LogP contribution in [0.5, 0.6) is 0 Å². The Labute approximate surface area is 235 Å². The van der Waals surface area contributed by atoms with E-state index in [4.69, 9.17) is 5.73 Å². The molecule has 0 spiro atoms. The van der Waals surface area contributed by atoms with E-state index in [-0.39, 0.29) is 37.5 Å². The highest BCUT2D eigenvalue weighted by Crippen LogP contribution is 2.51. The fourth-order valence-corrected chi connectivity index (χ4v) is 6.13. The van der Waals surface area contributed by atoms with Gasteiger partial charge in [-0.05, 0) is 41.7 Å². The number of hydrogen-bond acceptors (Lipinski definition) is 5. The zero-order valence-corrected chi connectivity index (χ0v) is 22.5. The first-order valence-corrected chi connectivity index (χ1v) is 13.7. The first-order valence-electron chi connectivity index (χ1n) is 13.7. The number of rotatable bonds is 7. The molecule has 0 radical (unpaired) electrons. The third-order valence-electron chi connectivity index (χ3n) is 8.40. The van der Waals surface area contributed by atoms with E-state index in [2.05, 4.69) is 15.4 Å². The maximum Gasteiger partial charge on any atom is 0.269 e. The van der Waals surface area contributed by atoms with Crippen LogP contribution in [0.3, 0.4) is 0 Å². The van der Waals surface area contributed by atoms with Gasteiger partial charge in [-0.2, -0.15) is 5.10 Å². The predicted octanol–water partition coefficient (Wildman–Crippen LogP) is 3.26. The number of fused-ring (bicyclic) bond motifs is 1. The largest absolute Gasteiger partial charge is 0.364 e. The third-order valence-corrected chi connectivity index (χ3v) is 8.40. The molecule has 5 atom stereocenters. The second-order valence-electron chi connectivity index (χ2n) is 11.1. The van der Waals surface area contributed by atoms with E-state index >= 15 is 0 Å². The number of pyridine rings is 1. The van der Waals surface area contributed by atoms with Crippen molar-refractivity contribution in [3.8, 4) is 11.1 Å². The number of nitrogens with one attached hydrogen (secondary N) is 1. The van der Waals surface area contributed by atoms with Gasteiger partial charge >= 0.3 is 0 Å². The monoisotopic (exact) mass is 560 g/mol. The van der Waals surface area contributed by atoms with Crippen LogP contribution in [0.4, 0.5) is 8.78 Å². The molecule has 2 aromatic heterocycles. The van der Waals surface area contributed by atoms with Crippen LogP contribution in [0, 0.1) is 5.92 Å². The van der Waals surface area contributed by atoms with E-state index in [1.165, 1.54) is 9.58 Å². The Balaban J connectivity index is 1.24. The Morgan fingerprint density at radius 3 is 2.68 bits per heavy atom. The maximum absolute atomic E-state index is 14.8. The summed E-state index contributed by atoms with van der Waals surface area (Å²) in [5.41, 5.74) is 7.40. The number of hydrogen-bond donors (Lipinski definition) is 2. The van der Waals surface area contributed by atoms with Gasteiger partial charge in [0, 0.05) is 36.2 Å². The van der Waals surface area contributed by atoms with E-state index < -0.39 is 41.6 Å². The summed E-state index contributed by atoms with van der Waals surface area (Å²) in [6, 6.07) is 7.93. The number of likely N-dealkylation sites (tertiary alicyclic amines) is 1. The molecule has 3 N–H and O–H groups in total. The number of aromatic nitrogens is 3. The molecule has 212 valence electrons. The number of alkyl halides is 2. The van der Waals surface area contributed by atoms with Crippen LogP contribution in [-0.2, 0) is 16.1 Å². The summed E-state index contributed by atoms with van der Waals surface area (Å²) in [5.74, 6) is -1.76. The SMILES string of the molecule is CC1CC1(NC(=O)C1CC(F)CN1C(=O)Cn1nc(C(N)=O)c2cc(-c3cccnc3)ccc21)C1=CC=CCC1F. The van der Waals surface area contributed by atoms with Gasteiger partial charge in [-0.1, -0.05) is 37.3 Å². The van der Waals surface area contributed by atoms with Crippen LogP contribution in [-0.4, -0.2) is 67.9 Å². The summed E-state index contributed by atoms with van der Waals surface area (Å²) in [5, 5.41) is 7.73. The number of benzene rings is 1. The fraction of sp³-hybridized carbons (Fsp3) is 0.367. The predicted molar refractivity (Wildman–Crippen MR) is 148 cm³/mol. The number of carbonyl (C=O) groups is 3. The van der Waals surface area contributed by atoms with Crippen LogP contribution in [0.1, 0.15) is 36.7 Å². The van der Waals surface area contributed by atoms with Crippen molar-refractivity contribution >= 4 is 28.6 Å². The summed E-state index contributed by atoms with van der Waals surface area (Å²) in [6.45, 7) is 1.36. The molecule has 5 unspecified atom stereocenters. The molecule has 1 aliphatic heterocycles. The molecule has 3 heterocycles. The van der Waals surface area contributed by atoms with Gasteiger partial charge in [-0.3, -0.25) is 24.0 Å². The van der Waals surface area contributed by atoms with Crippen molar-refractivity contribution in [3.63, 3.8) is 0 Å². The first-order chi connectivity index (χ1) is 19.7. The fourth-order valence-electron chi connectivity index (χ4n) is 6.13. The van der Waals surface area contributed by atoms with Crippen LogP contribution < -0.4 is 11.1 Å². The summed E-state index contributed by atoms with van der Waals surface area (Å²) in [6.07, 6.45) is 6.64. The van der Waals surface area contributed by atoms with Crippen molar-refractivity contribution in [2.45, 2.75) is 56.7 Å². The highest BCUT2D eigenvalue weighted by Gasteiger charge is 2.57. The van der Waals surface area contributed by atoms with Gasteiger partial charge in [0.15, 0.2) is 5.69 Å². The molecular weight excluding hydrogens is 530 g/mol. The lowest BCUT2D eigenvalue weighted by atomic mass is 9.92. The second-order valence-corrected chi connectivity index (χ2v) is 11.1. The highest BCUT2D eigenvalue weighted by molar-refractivity contribution is 6.05. The summed E-state index contributed by atoms with van der Waals surface area (Å²) >= 11 is 0. The number of halogens is 2. The molecule has 3 aliphatic rings. The van der Waals surface area contributed by atoms with Gasteiger partial charge in [0.05, 0.1) is 17.6 Å². The van der Waals surface area contributed by atoms with Crippen molar-refractivity contribution < 1.29 is 23.2 Å². The van der Waals surface area contributed by atoms with Gasteiger partial charge in [-0.15, -0.1) is 0 Å². The molecule has 0 bridgehead atoms. The van der Waals surface area contributed by atoms with Crippen molar-refractivity contribution in [2.24, 2.45) is 11.7 Å². The molecular formula is C30H30F2N6O3. The molecule has 1 aromatic carbocycles. The third kappa shape index (κ3) is 4.79. The molecule has 9 nitrogen and oxygen atoms in total. The second kappa shape index (κ2) is 10.2. The Hall–Kier alpha value is -4.41. The molecule has 41 heavy (non-hydrogen) atoms. The van der Waals surface area contributed by atoms with Crippen molar-refractivity contribution in [1.82, 2.24) is 25.0 Å². The molecule has 1 saturated carbocycles. The van der Waals surface area contributed by atoms with Gasteiger partial charge < -0.3 is 16.0 Å². The van der Waals surface area contributed by atoms with E-state index in [1.54, 1.807) is 48.8 Å². The van der Waals surface area contributed by atoms with E-state index in [0.717, 1.165) is 11.1 Å². The summed E-state index contributed by atoms with van der Waals surface area (Å²) < 4.78 is 30.8. The number of carbonyl (C=O) groups excluding carboxylic acids is 3. The smallest absolute Gasteiger partial charge is 0.269 e. The number of allylic oxidation sites excluding steroid dienone is 3. The number of nitrogens with zero attached hydrogens (tertiary/aromatic N) is 4. The zero-order valence-electron chi connectivity index (χ0n) is 22.5. The lowest BCUT2D eigenvalue weighted by Crippen LogP contribution is -2.52. The summed E-state index contributed by atoms with van der Waals surface area (Å²) in [4.78, 5) is 44.5. The maximum atomic E-state index is 14.8. The van der Waals surface area contributed by atoms with Gasteiger partial charge in [0.1, 0.15) is 24.9 Å². The number of primary amides is 1. The Bertz CT molecular complexity index is 1600. The van der Waals surface area contributed by atoms with E-state index in [0.29, 0.717) is 22.9 Å². The highest BCUT2D eigenvalue weighted by atomic mass is 19.1. The Morgan fingerprint density at radius 2 is 2.00 bits per heavy atom. The number of amides is 3. The Kier molecular flexibility index (Phi) is 6.67. The van der Waals surface area contributed by atoms with Crippen LogP contribution in [0.25, 0.3) is 22.0 Å². The van der Waals surface area contributed by atoms with Crippen LogP contribution in [0.2, 0.25) is 0 Å². The minimum absolute atomic E-state index is 0.00197. The lowest BCUT2D eigenvalue weighted by Gasteiger charge is -2.30. The minimum atomic E-state index is -1.38. The van der Waals surface area contributed by atoms with Gasteiger partial charge in [0.25, 0.3) is 5.91 Å². The van der Waals surface area contributed by atoms with Crippen molar-refractivity contribution in [3.05, 3.63) is 72.2 Å². The zero-order chi connectivity index (χ0) is 28.9. The Morgan fingerprint density at radius 1 is 1.20 bits per heavy atom. The molecule has 2 aliphatic carbocycles. The van der Waals surface area contributed by atoms with Crippen LogP contribution >= 0.6 is 0 Å². The lowest BCUT2D eigenvalue weighted by molar-refractivity contribution is -0.139. The quantitative estimate of drug-likeness (QED) is 0.459. The first kappa shape index (κ1) is 26.8. The normalized spacial score (nSPS) is 27.1. The topological polar surface area (TPSA) is 123 Å².